The summed E-state index contributed by atoms with van der Waals surface area (Å²) in [6.07, 6.45) is -3.40. The van der Waals surface area contributed by atoms with Crippen LogP contribution in [0.3, 0.4) is 0 Å². The van der Waals surface area contributed by atoms with Gasteiger partial charge in [-0.05, 0) is 25.1 Å². The SMILES string of the molecule is Cc1cc2c(NCCC(F)(F)F)ccc(N)c2cn1. The number of halogens is 3. The number of nitrogens with one attached hydrogen (secondary N) is 1. The number of fused-ring (bicyclic) bond motifs is 1. The number of benzene rings is 1. The van der Waals surface area contributed by atoms with E-state index in [2.05, 4.69) is 10.3 Å². The molecule has 0 radical (unpaired) electrons. The van der Waals surface area contributed by atoms with Gasteiger partial charge < -0.3 is 11.1 Å². The monoisotopic (exact) mass is 269 g/mol. The zero-order valence-electron chi connectivity index (χ0n) is 10.4. The van der Waals surface area contributed by atoms with Crippen LogP contribution in [0.1, 0.15) is 12.1 Å². The molecular weight excluding hydrogens is 255 g/mol. The first-order valence-electron chi connectivity index (χ1n) is 5.82. The molecule has 0 unspecified atom stereocenters. The highest BCUT2D eigenvalue weighted by molar-refractivity contribution is 6.00. The van der Waals surface area contributed by atoms with Gasteiger partial charge in [0.25, 0.3) is 0 Å². The normalized spacial score (nSPS) is 11.8. The molecule has 0 saturated carbocycles. The summed E-state index contributed by atoms with van der Waals surface area (Å²) < 4.78 is 36.4. The largest absolute Gasteiger partial charge is 0.398 e. The minimum Gasteiger partial charge on any atom is -0.398 e. The first-order chi connectivity index (χ1) is 8.87. The summed E-state index contributed by atoms with van der Waals surface area (Å²) in [6, 6.07) is 5.16. The Kier molecular flexibility index (Phi) is 3.50. The predicted molar refractivity (Wildman–Crippen MR) is 70.1 cm³/mol. The number of aryl methyl sites for hydroxylation is 1. The topological polar surface area (TPSA) is 50.9 Å². The molecule has 3 nitrogen and oxygen atoms in total. The van der Waals surface area contributed by atoms with E-state index in [-0.39, 0.29) is 6.54 Å². The summed E-state index contributed by atoms with van der Waals surface area (Å²) in [5.74, 6) is 0. The quantitative estimate of drug-likeness (QED) is 0.839. The van der Waals surface area contributed by atoms with E-state index in [0.717, 1.165) is 16.5 Å². The van der Waals surface area contributed by atoms with Crippen molar-refractivity contribution in [2.24, 2.45) is 0 Å². The Labute approximate surface area is 108 Å². The number of aromatic nitrogens is 1. The maximum atomic E-state index is 12.1. The second-order valence-electron chi connectivity index (χ2n) is 4.37. The van der Waals surface area contributed by atoms with Crippen LogP contribution in [0.2, 0.25) is 0 Å². The number of alkyl halides is 3. The summed E-state index contributed by atoms with van der Waals surface area (Å²) in [6.45, 7) is 1.66. The number of rotatable bonds is 3. The number of nitrogen functional groups attached to an aromatic ring is 1. The first-order valence-corrected chi connectivity index (χ1v) is 5.82. The molecule has 0 amide bonds. The molecule has 3 N–H and O–H groups in total. The van der Waals surface area contributed by atoms with Gasteiger partial charge in [-0.1, -0.05) is 0 Å². The smallest absolute Gasteiger partial charge is 0.390 e. The molecule has 0 aliphatic carbocycles. The third kappa shape index (κ3) is 3.27. The molecule has 1 aromatic carbocycles. The molecule has 0 atom stereocenters. The number of nitrogens with two attached hydrogens (primary N) is 1. The fraction of sp³-hybridized carbons (Fsp3) is 0.308. The van der Waals surface area contributed by atoms with Crippen molar-refractivity contribution in [3.05, 3.63) is 30.1 Å². The van der Waals surface area contributed by atoms with Crippen LogP contribution < -0.4 is 11.1 Å². The van der Waals surface area contributed by atoms with Crippen molar-refractivity contribution in [3.63, 3.8) is 0 Å². The Morgan fingerprint density at radius 2 is 2.00 bits per heavy atom. The lowest BCUT2D eigenvalue weighted by Crippen LogP contribution is -2.14. The van der Waals surface area contributed by atoms with Gasteiger partial charge in [0, 0.05) is 40.6 Å². The molecule has 0 spiro atoms. The molecule has 1 heterocycles. The van der Waals surface area contributed by atoms with E-state index in [9.17, 15) is 13.2 Å². The highest BCUT2D eigenvalue weighted by atomic mass is 19.4. The number of anilines is 2. The van der Waals surface area contributed by atoms with Crippen LogP contribution in [0.4, 0.5) is 24.5 Å². The molecule has 0 bridgehead atoms. The van der Waals surface area contributed by atoms with E-state index in [1.54, 1.807) is 18.3 Å². The third-order valence-corrected chi connectivity index (χ3v) is 2.80. The average molecular weight is 269 g/mol. The lowest BCUT2D eigenvalue weighted by atomic mass is 10.1. The lowest BCUT2D eigenvalue weighted by molar-refractivity contribution is -0.131. The summed E-state index contributed by atoms with van der Waals surface area (Å²) in [4.78, 5) is 4.14. The van der Waals surface area contributed by atoms with Gasteiger partial charge in [-0.25, -0.2) is 0 Å². The molecule has 0 aliphatic heterocycles. The number of nitrogens with zero attached hydrogens (tertiary/aromatic N) is 1. The molecular formula is C13H14F3N3. The fourth-order valence-corrected chi connectivity index (χ4v) is 1.86. The van der Waals surface area contributed by atoms with Gasteiger partial charge in [-0.15, -0.1) is 0 Å². The second kappa shape index (κ2) is 4.95. The summed E-state index contributed by atoms with van der Waals surface area (Å²) in [7, 11) is 0. The van der Waals surface area contributed by atoms with Crippen molar-refractivity contribution >= 4 is 22.1 Å². The highest BCUT2D eigenvalue weighted by Gasteiger charge is 2.26. The molecule has 2 rings (SSSR count). The molecule has 0 saturated heterocycles. The summed E-state index contributed by atoms with van der Waals surface area (Å²) >= 11 is 0. The van der Waals surface area contributed by atoms with Crippen LogP contribution in [-0.2, 0) is 0 Å². The van der Waals surface area contributed by atoms with Crippen LogP contribution >= 0.6 is 0 Å². The van der Waals surface area contributed by atoms with Crippen molar-refractivity contribution < 1.29 is 13.2 Å². The van der Waals surface area contributed by atoms with Gasteiger partial charge >= 0.3 is 6.18 Å². The Balaban J connectivity index is 2.28. The minimum atomic E-state index is -4.16. The molecule has 2 aromatic rings. The average Bonchev–Trinajstić information content (AvgIpc) is 2.30. The molecule has 6 heteroatoms. The molecule has 0 aliphatic rings. The fourth-order valence-electron chi connectivity index (χ4n) is 1.86. The Bertz CT molecular complexity index is 593. The van der Waals surface area contributed by atoms with Gasteiger partial charge in [0.15, 0.2) is 0 Å². The highest BCUT2D eigenvalue weighted by Crippen LogP contribution is 2.29. The van der Waals surface area contributed by atoms with Crippen molar-refractivity contribution in [3.8, 4) is 0 Å². The zero-order chi connectivity index (χ0) is 14.0. The molecule has 19 heavy (non-hydrogen) atoms. The number of hydrogen-bond donors (Lipinski definition) is 2. The van der Waals surface area contributed by atoms with E-state index in [4.69, 9.17) is 5.73 Å². The molecule has 102 valence electrons. The Morgan fingerprint density at radius 1 is 1.26 bits per heavy atom. The molecule has 1 aromatic heterocycles. The standard InChI is InChI=1S/C13H14F3N3/c1-8-6-9-10(7-19-8)11(17)2-3-12(9)18-5-4-13(14,15)16/h2-3,6-7,18H,4-5,17H2,1H3. The van der Waals surface area contributed by atoms with Crippen LogP contribution in [0, 0.1) is 6.92 Å². The van der Waals surface area contributed by atoms with E-state index in [0.29, 0.717) is 11.4 Å². The van der Waals surface area contributed by atoms with Crippen molar-refractivity contribution in [2.45, 2.75) is 19.5 Å². The minimum absolute atomic E-state index is 0.163. The predicted octanol–water partition coefficient (Wildman–Crippen LogP) is 3.49. The van der Waals surface area contributed by atoms with Crippen molar-refractivity contribution in [1.29, 1.82) is 0 Å². The molecule has 0 fully saturated rings. The van der Waals surface area contributed by atoms with Crippen LogP contribution in [0.15, 0.2) is 24.4 Å². The van der Waals surface area contributed by atoms with Gasteiger partial charge in [-0.2, -0.15) is 13.2 Å². The van der Waals surface area contributed by atoms with Crippen LogP contribution in [-0.4, -0.2) is 17.7 Å². The third-order valence-electron chi connectivity index (χ3n) is 2.80. The Morgan fingerprint density at radius 3 is 2.68 bits per heavy atom. The summed E-state index contributed by atoms with van der Waals surface area (Å²) in [5, 5.41) is 4.32. The second-order valence-corrected chi connectivity index (χ2v) is 4.37. The number of hydrogen-bond acceptors (Lipinski definition) is 3. The van der Waals surface area contributed by atoms with Crippen LogP contribution in [0.5, 0.6) is 0 Å². The van der Waals surface area contributed by atoms with Gasteiger partial charge in [0.1, 0.15) is 0 Å². The van der Waals surface area contributed by atoms with E-state index >= 15 is 0 Å². The maximum Gasteiger partial charge on any atom is 0.390 e. The maximum absolute atomic E-state index is 12.1. The lowest BCUT2D eigenvalue weighted by Gasteiger charge is -2.12. The summed E-state index contributed by atoms with van der Waals surface area (Å²) in [5.41, 5.74) is 7.81. The van der Waals surface area contributed by atoms with Crippen molar-refractivity contribution in [2.75, 3.05) is 17.6 Å². The van der Waals surface area contributed by atoms with Crippen LogP contribution in [0.25, 0.3) is 10.8 Å². The van der Waals surface area contributed by atoms with E-state index in [1.165, 1.54) is 0 Å². The zero-order valence-corrected chi connectivity index (χ0v) is 10.4. The van der Waals surface area contributed by atoms with E-state index < -0.39 is 12.6 Å². The Hall–Kier alpha value is -1.98. The number of pyridine rings is 1. The van der Waals surface area contributed by atoms with Crippen molar-refractivity contribution in [1.82, 2.24) is 4.98 Å². The van der Waals surface area contributed by atoms with Gasteiger partial charge in [0.05, 0.1) is 6.42 Å². The first kappa shape index (κ1) is 13.5. The van der Waals surface area contributed by atoms with E-state index in [1.807, 2.05) is 13.0 Å². The van der Waals surface area contributed by atoms with Gasteiger partial charge in [0.2, 0.25) is 0 Å². The van der Waals surface area contributed by atoms with Gasteiger partial charge in [-0.3, -0.25) is 4.98 Å².